The maximum Gasteiger partial charge on any atom is 0.255 e. The molecule has 3 aromatic rings. The van der Waals surface area contributed by atoms with Crippen molar-refractivity contribution >= 4 is 74.7 Å². The Morgan fingerprint density at radius 2 is 1.50 bits per heavy atom. The number of aliphatic hydroxyl groups is 3. The third-order valence-electron chi connectivity index (χ3n) is 10.2. The van der Waals surface area contributed by atoms with E-state index in [-0.39, 0.29) is 34.8 Å². The Morgan fingerprint density at radius 3 is 2.04 bits per heavy atom. The molecule has 4 atom stereocenters. The van der Waals surface area contributed by atoms with Crippen molar-refractivity contribution in [2.24, 2.45) is 27.8 Å². The smallest absolute Gasteiger partial charge is 0.255 e. The van der Waals surface area contributed by atoms with E-state index in [1.807, 2.05) is 43.3 Å². The molecule has 15 nitrogen and oxygen atoms in total. The van der Waals surface area contributed by atoms with Gasteiger partial charge in [-0.05, 0) is 105 Å². The Morgan fingerprint density at radius 1 is 0.907 bits per heavy atom. The van der Waals surface area contributed by atoms with Crippen LogP contribution in [-0.4, -0.2) is 102 Å². The second kappa shape index (κ2) is 14.2. The predicted octanol–water partition coefficient (Wildman–Crippen LogP) is 4.32. The van der Waals surface area contributed by atoms with Crippen LogP contribution in [0.1, 0.15) is 17.5 Å². The number of carbonyl (C=O) groups excluding carboxylic acids is 3. The number of aliphatic hydroxyl groups excluding tert-OH is 2. The number of rotatable bonds is 8. The largest absolute Gasteiger partial charge is 0.508 e. The summed E-state index contributed by atoms with van der Waals surface area (Å²) in [7, 11) is 10.6. The van der Waals surface area contributed by atoms with Crippen molar-refractivity contribution in [1.29, 1.82) is 0 Å². The lowest BCUT2D eigenvalue weighted by molar-refractivity contribution is -0.153. The van der Waals surface area contributed by atoms with E-state index in [4.69, 9.17) is 18.0 Å². The molecule has 3 aliphatic carbocycles. The predicted molar refractivity (Wildman–Crippen MR) is 210 cm³/mol. The summed E-state index contributed by atoms with van der Waals surface area (Å²) in [5, 5.41) is 61.2. The molecule has 1 fully saturated rings. The number of ketones is 2. The van der Waals surface area contributed by atoms with Crippen molar-refractivity contribution in [3.05, 3.63) is 82.6 Å². The van der Waals surface area contributed by atoms with Gasteiger partial charge in [-0.3, -0.25) is 19.3 Å². The molecular weight excluding hydrogens is 713 g/mol. The number of Topliss-reactive ketones (excluding diaryl/α,β-unsaturated/α-hetero) is 2. The molecule has 3 aromatic carbocycles. The molecule has 0 radical (unpaired) electrons. The highest BCUT2D eigenvalue weighted by atomic mass is 32.1. The fourth-order valence-electron chi connectivity index (χ4n) is 7.62. The van der Waals surface area contributed by atoms with Crippen LogP contribution in [-0.2, 0) is 20.8 Å². The van der Waals surface area contributed by atoms with E-state index in [0.29, 0.717) is 28.3 Å². The molecule has 1 saturated carbocycles. The van der Waals surface area contributed by atoms with E-state index < -0.39 is 63.8 Å². The molecule has 0 heterocycles. The number of primary amides is 1. The molecule has 54 heavy (non-hydrogen) atoms. The van der Waals surface area contributed by atoms with Gasteiger partial charge in [0.1, 0.15) is 22.8 Å². The number of amides is 1. The van der Waals surface area contributed by atoms with E-state index in [2.05, 4.69) is 20.9 Å². The number of nitrogens with one attached hydrogen (secondary N) is 2. The maximum atomic E-state index is 14.3. The topological polar surface area (TPSA) is 217 Å². The number of nitrogens with two attached hydrogens (primary N) is 1. The van der Waals surface area contributed by atoms with Crippen LogP contribution in [0.4, 0.5) is 34.1 Å². The summed E-state index contributed by atoms with van der Waals surface area (Å²) >= 11 is 5.57. The Labute approximate surface area is 317 Å². The van der Waals surface area contributed by atoms with Gasteiger partial charge in [-0.15, -0.1) is 0 Å². The fourth-order valence-corrected chi connectivity index (χ4v) is 7.84. The number of benzene rings is 3. The SMILES string of the molecule is CN(C)c1ccc(N=Nc2ccc(NC(=S)Nc3cc(N(C)C)c4c(c3O)C(O)=C3C(=O)[C@]5(O)C(O)=C(C(N)=O)C(=O)[C@@H](N(C)C)C5CC3C4)cc2)cc1. The van der Waals surface area contributed by atoms with Crippen LogP contribution in [0.3, 0.4) is 0 Å². The average molecular weight is 755 g/mol. The van der Waals surface area contributed by atoms with Crippen LogP contribution in [0.15, 0.2) is 81.7 Å². The van der Waals surface area contributed by atoms with Gasteiger partial charge in [-0.2, -0.15) is 10.2 Å². The molecule has 0 aromatic heterocycles. The summed E-state index contributed by atoms with van der Waals surface area (Å²) in [4.78, 5) is 45.2. The molecule has 0 aliphatic heterocycles. The first-order valence-electron chi connectivity index (χ1n) is 17.0. The third-order valence-corrected chi connectivity index (χ3v) is 10.4. The zero-order valence-electron chi connectivity index (χ0n) is 30.6. The van der Waals surface area contributed by atoms with Crippen molar-refractivity contribution in [1.82, 2.24) is 4.90 Å². The van der Waals surface area contributed by atoms with Crippen molar-refractivity contribution in [2.45, 2.75) is 24.5 Å². The highest BCUT2D eigenvalue weighted by molar-refractivity contribution is 7.80. The monoisotopic (exact) mass is 754 g/mol. The number of hydrogen-bond acceptors (Lipinski definition) is 13. The van der Waals surface area contributed by atoms with Crippen molar-refractivity contribution in [3.63, 3.8) is 0 Å². The van der Waals surface area contributed by atoms with Gasteiger partial charge in [0.15, 0.2) is 16.5 Å². The molecule has 0 saturated heterocycles. The lowest BCUT2D eigenvalue weighted by Crippen LogP contribution is -2.65. The standard InChI is InChI=1S/C38H42N8O7S/c1-44(2)22-13-11-21(12-14-22)43-42-20-9-7-19(8-10-20)40-37(54)41-25-17-26(45(3)4)23-15-18-16-24-30(46(5)6)33(49)29(36(39)52)35(51)38(24,53)34(50)27(18)32(48)28(23)31(25)47/h7-14,17-18,24,30,47-48,51,53H,15-16H2,1-6H3,(H2,39,52)(H2,40,41,54)/t18?,24?,30-,38-/m0/s1. The second-order valence-corrected chi connectivity index (χ2v) is 14.6. The molecule has 1 amide bonds. The van der Waals surface area contributed by atoms with E-state index in [9.17, 15) is 34.8 Å². The average Bonchev–Trinajstić information content (AvgIpc) is 3.10. The van der Waals surface area contributed by atoms with Gasteiger partial charge in [-0.1, -0.05) is 0 Å². The van der Waals surface area contributed by atoms with Gasteiger partial charge in [0.2, 0.25) is 5.78 Å². The molecule has 0 bridgehead atoms. The molecule has 6 rings (SSSR count). The number of nitrogens with zero attached hydrogens (tertiary/aromatic N) is 5. The number of phenolic OH excluding ortho intramolecular Hbond substituents is 1. The van der Waals surface area contributed by atoms with Crippen molar-refractivity contribution < 1.29 is 34.8 Å². The van der Waals surface area contributed by atoms with E-state index >= 15 is 0 Å². The first-order chi connectivity index (χ1) is 25.4. The third kappa shape index (κ3) is 6.41. The van der Waals surface area contributed by atoms with Gasteiger partial charge >= 0.3 is 0 Å². The zero-order chi connectivity index (χ0) is 39.4. The Kier molecular flexibility index (Phi) is 9.96. The minimum atomic E-state index is -2.74. The van der Waals surface area contributed by atoms with Crippen molar-refractivity contribution in [3.8, 4) is 5.75 Å². The fraction of sp³-hybridized carbons (Fsp3) is 0.316. The number of carbonyl (C=O) groups is 3. The van der Waals surface area contributed by atoms with Crippen LogP contribution < -0.4 is 26.2 Å². The summed E-state index contributed by atoms with van der Waals surface area (Å²) in [6.07, 6.45) is 0.126. The summed E-state index contributed by atoms with van der Waals surface area (Å²) in [6, 6.07) is 15.2. The van der Waals surface area contributed by atoms with Crippen LogP contribution in [0.25, 0.3) is 5.76 Å². The summed E-state index contributed by atoms with van der Waals surface area (Å²) in [6.45, 7) is 0. The van der Waals surface area contributed by atoms with Gasteiger partial charge in [0.25, 0.3) is 5.91 Å². The van der Waals surface area contributed by atoms with Gasteiger partial charge in [-0.25, -0.2) is 0 Å². The lowest BCUT2D eigenvalue weighted by atomic mass is 9.57. The highest BCUT2D eigenvalue weighted by Crippen LogP contribution is 2.54. The Hall–Kier alpha value is -5.84. The zero-order valence-corrected chi connectivity index (χ0v) is 31.4. The van der Waals surface area contributed by atoms with Crippen molar-refractivity contribution in [2.75, 3.05) is 62.7 Å². The molecule has 3 aliphatic rings. The number of anilines is 4. The number of fused-ring (bicyclic) bond motifs is 3. The van der Waals surface area contributed by atoms with E-state index in [1.54, 1.807) is 63.4 Å². The number of likely N-dealkylation sites (N-methyl/N-ethyl adjacent to an activating group) is 1. The normalized spacial score (nSPS) is 22.2. The number of aromatic hydroxyl groups is 1. The first-order valence-corrected chi connectivity index (χ1v) is 17.4. The Balaban J connectivity index is 1.29. The molecule has 0 spiro atoms. The van der Waals surface area contributed by atoms with Gasteiger partial charge in [0.05, 0.1) is 28.7 Å². The number of hydrogen-bond donors (Lipinski definition) is 7. The quantitative estimate of drug-likeness (QED) is 0.0739. The maximum absolute atomic E-state index is 14.3. The Bertz CT molecular complexity index is 2160. The molecule has 2 unspecified atom stereocenters. The number of azo groups is 1. The van der Waals surface area contributed by atoms with Crippen LogP contribution >= 0.6 is 12.2 Å². The van der Waals surface area contributed by atoms with Gasteiger partial charge < -0.3 is 46.6 Å². The molecule has 8 N–H and O–H groups in total. The number of phenols is 1. The van der Waals surface area contributed by atoms with Crippen LogP contribution in [0.2, 0.25) is 0 Å². The van der Waals surface area contributed by atoms with E-state index in [0.717, 1.165) is 5.69 Å². The minimum Gasteiger partial charge on any atom is -0.508 e. The molecule has 282 valence electrons. The molecule has 16 heteroatoms. The number of thiocarbonyl (C=S) groups is 1. The molecular formula is C38H42N8O7S. The summed E-state index contributed by atoms with van der Waals surface area (Å²) in [5.41, 5.74) is 5.72. The highest BCUT2D eigenvalue weighted by Gasteiger charge is 2.64. The van der Waals surface area contributed by atoms with Crippen LogP contribution in [0.5, 0.6) is 5.75 Å². The van der Waals surface area contributed by atoms with E-state index in [1.165, 1.54) is 4.90 Å². The minimum absolute atomic E-state index is 0.0164. The summed E-state index contributed by atoms with van der Waals surface area (Å²) in [5.74, 6) is -7.24. The van der Waals surface area contributed by atoms with Gasteiger partial charge in [0, 0.05) is 56.7 Å². The second-order valence-electron chi connectivity index (χ2n) is 14.2. The lowest BCUT2D eigenvalue weighted by Gasteiger charge is -2.50. The van der Waals surface area contributed by atoms with Crippen LogP contribution in [0, 0.1) is 11.8 Å². The first kappa shape index (κ1) is 37.9. The summed E-state index contributed by atoms with van der Waals surface area (Å²) < 4.78 is 0.